The van der Waals surface area contributed by atoms with Crippen LogP contribution in [0.5, 0.6) is 5.75 Å². The molecule has 0 bridgehead atoms. The number of phenolic OH excluding ortho intramolecular Hbond substituents is 1. The van der Waals surface area contributed by atoms with Gasteiger partial charge in [-0.15, -0.1) is 0 Å². The number of aromatic nitrogens is 1. The summed E-state index contributed by atoms with van der Waals surface area (Å²) in [7, 11) is 1.25. The normalized spacial score (nSPS) is 13.7. The van der Waals surface area contributed by atoms with Gasteiger partial charge in [0, 0.05) is 42.2 Å². The van der Waals surface area contributed by atoms with Crippen molar-refractivity contribution in [3.63, 3.8) is 0 Å². The van der Waals surface area contributed by atoms with Crippen molar-refractivity contribution in [1.29, 1.82) is 0 Å². The number of methoxy groups -OCH3 is 1. The molecule has 0 unspecified atom stereocenters. The van der Waals surface area contributed by atoms with Gasteiger partial charge in [0.1, 0.15) is 47.2 Å². The molecule has 4 rings (SSSR count). The quantitative estimate of drug-likeness (QED) is 0.0237. The van der Waals surface area contributed by atoms with Crippen LogP contribution in [0, 0.1) is 5.92 Å². The van der Waals surface area contributed by atoms with Crippen molar-refractivity contribution in [2.24, 2.45) is 11.7 Å². The van der Waals surface area contributed by atoms with Crippen LogP contribution >= 0.6 is 11.8 Å². The number of hydrogen-bond donors (Lipinski definition) is 10. The first-order chi connectivity index (χ1) is 36.2. The number of aliphatic carboxylic acids is 1. The first-order valence-electron chi connectivity index (χ1n) is 25.3. The Kier molecular flexibility index (Phi) is 25.8. The molecule has 11 N–H and O–H groups in total. The number of carbonyl (C=O) groups excluding carboxylic acids is 7. The van der Waals surface area contributed by atoms with Gasteiger partial charge >= 0.3 is 24.1 Å². The molecule has 6 amide bonds. The van der Waals surface area contributed by atoms with Gasteiger partial charge in [0.15, 0.2) is 0 Å². The fraction of sp³-hybridized carbons (Fsp3) is 0.491. The van der Waals surface area contributed by atoms with Crippen LogP contribution in [-0.4, -0.2) is 136 Å². The molecular weight excluding hydrogens is 1010 g/mol. The van der Waals surface area contributed by atoms with Crippen LogP contribution in [0.4, 0.5) is 9.59 Å². The number of amides is 6. The van der Waals surface area contributed by atoms with Gasteiger partial charge in [-0.3, -0.25) is 19.2 Å². The fourth-order valence-electron chi connectivity index (χ4n) is 7.51. The second kappa shape index (κ2) is 31.0. The molecule has 77 heavy (non-hydrogen) atoms. The lowest BCUT2D eigenvalue weighted by atomic mass is 10.0. The van der Waals surface area contributed by atoms with Crippen LogP contribution < -0.4 is 37.6 Å². The Morgan fingerprint density at radius 1 is 0.649 bits per heavy atom. The number of carbonyl (C=O) groups is 8. The number of thioether (sulfide) groups is 1. The minimum Gasteiger partial charge on any atom is -0.508 e. The van der Waals surface area contributed by atoms with Crippen molar-refractivity contribution in [2.75, 3.05) is 25.7 Å². The molecule has 3 aromatic carbocycles. The number of aromatic amines is 1. The Hall–Kier alpha value is -7.33. The highest BCUT2D eigenvalue weighted by atomic mass is 32.2. The number of carboxylic acids is 1. The van der Waals surface area contributed by atoms with Gasteiger partial charge in [-0.1, -0.05) is 74.5 Å². The summed E-state index contributed by atoms with van der Waals surface area (Å²) in [6.45, 7) is 14.4. The highest BCUT2D eigenvalue weighted by molar-refractivity contribution is 7.98. The monoisotopic (exact) mass is 1090 g/mol. The Bertz CT molecular complexity index is 2560. The molecule has 0 saturated heterocycles. The van der Waals surface area contributed by atoms with Crippen molar-refractivity contribution < 1.29 is 62.8 Å². The number of rotatable bonds is 25. The van der Waals surface area contributed by atoms with E-state index in [0.717, 1.165) is 22.0 Å². The van der Waals surface area contributed by atoms with E-state index >= 15 is 0 Å². The number of fused-ring (bicyclic) bond motifs is 1. The number of aromatic hydroxyl groups is 1. The highest BCUT2D eigenvalue weighted by Crippen LogP contribution is 2.20. The second-order valence-electron chi connectivity index (χ2n) is 20.6. The Morgan fingerprint density at radius 2 is 1.19 bits per heavy atom. The molecule has 0 aliphatic heterocycles. The second-order valence-corrected chi connectivity index (χ2v) is 21.5. The lowest BCUT2D eigenvalue weighted by Gasteiger charge is -2.26. The number of nitrogens with two attached hydrogens (primary N) is 1. The number of esters is 1. The molecule has 0 spiro atoms. The number of carboxylic acid groups (broad SMARTS) is 1. The molecule has 0 fully saturated rings. The summed E-state index contributed by atoms with van der Waals surface area (Å²) in [6.07, 6.45) is 4.02. The predicted molar refractivity (Wildman–Crippen MR) is 294 cm³/mol. The van der Waals surface area contributed by atoms with E-state index in [-0.39, 0.29) is 43.1 Å². The molecule has 0 saturated carbocycles. The van der Waals surface area contributed by atoms with Crippen molar-refractivity contribution >= 4 is 70.4 Å². The molecule has 21 nitrogen and oxygen atoms in total. The largest absolute Gasteiger partial charge is 0.508 e. The molecule has 6 atom stereocenters. The maximum Gasteiger partial charge on any atom is 0.408 e. The maximum absolute atomic E-state index is 13.3. The molecule has 4 aromatic rings. The lowest BCUT2D eigenvalue weighted by Crippen LogP contribution is -2.57. The van der Waals surface area contributed by atoms with Crippen LogP contribution in [0.2, 0.25) is 0 Å². The van der Waals surface area contributed by atoms with Crippen molar-refractivity contribution in [2.45, 2.75) is 141 Å². The van der Waals surface area contributed by atoms with E-state index in [0.29, 0.717) is 24.9 Å². The van der Waals surface area contributed by atoms with E-state index in [9.17, 15) is 48.6 Å². The lowest BCUT2D eigenvalue weighted by molar-refractivity contribution is -0.146. The smallest absolute Gasteiger partial charge is 0.408 e. The zero-order chi connectivity index (χ0) is 57.5. The molecule has 422 valence electrons. The summed E-state index contributed by atoms with van der Waals surface area (Å²) in [5, 5.41) is 35.9. The van der Waals surface area contributed by atoms with Crippen molar-refractivity contribution in [1.82, 2.24) is 36.9 Å². The molecule has 0 aliphatic rings. The number of benzene rings is 3. The number of H-pyrrole nitrogens is 1. The number of alkyl carbamates (subject to hydrolysis) is 2. The molecule has 0 aliphatic carbocycles. The number of unbranched alkanes of at least 4 members (excludes halogenated alkanes) is 1. The topological polar surface area (TPSA) is 319 Å². The molecule has 1 heterocycles. The summed E-state index contributed by atoms with van der Waals surface area (Å²) in [5.41, 5.74) is 8.09. The van der Waals surface area contributed by atoms with E-state index in [2.05, 4.69) is 36.9 Å². The first kappa shape index (κ1) is 64.0. The summed E-state index contributed by atoms with van der Waals surface area (Å²) in [5.74, 6) is -4.09. The zero-order valence-electron chi connectivity index (χ0n) is 45.7. The van der Waals surface area contributed by atoms with Gasteiger partial charge < -0.3 is 67.0 Å². The summed E-state index contributed by atoms with van der Waals surface area (Å²) < 4.78 is 15.3. The minimum absolute atomic E-state index is 0.0158. The maximum atomic E-state index is 13.3. The van der Waals surface area contributed by atoms with Gasteiger partial charge in [-0.25, -0.2) is 19.2 Å². The first-order valence-corrected chi connectivity index (χ1v) is 26.7. The molecular formula is C55H78N8O13S. The van der Waals surface area contributed by atoms with Crippen molar-refractivity contribution in [3.05, 3.63) is 102 Å². The Labute approximate surface area is 454 Å². The number of phenols is 1. The SMILES string of the molecule is COC(=O)[C@@H](NC(=O)[C@H](CCCCNC(=O)OC(C)(C)C)NC(=O)[C@H](N)Cc1c[nH]c2ccccc12)C(C)C.CSC[C@H](NC(=O)[C@@H](Cc1ccccc1)NC(=O)OC(C)(C)C)C(=O)N[C@@H](Cc1ccc(O)cc1)C(=O)O. The average molecular weight is 1090 g/mol. The van der Waals surface area contributed by atoms with Gasteiger partial charge in [0.25, 0.3) is 0 Å². The van der Waals surface area contributed by atoms with Gasteiger partial charge in [-0.05, 0) is 114 Å². The molecule has 1 aromatic heterocycles. The van der Waals surface area contributed by atoms with E-state index in [1.54, 1.807) is 73.8 Å². The van der Waals surface area contributed by atoms with Crippen LogP contribution in [0.3, 0.4) is 0 Å². The van der Waals surface area contributed by atoms with Crippen LogP contribution in [0.1, 0.15) is 91.3 Å². The van der Waals surface area contributed by atoms with E-state index in [4.69, 9.17) is 19.9 Å². The summed E-state index contributed by atoms with van der Waals surface area (Å²) in [4.78, 5) is 104. The fourth-order valence-corrected chi connectivity index (χ4v) is 8.07. The number of hydrogen-bond acceptors (Lipinski definition) is 14. The van der Waals surface area contributed by atoms with Crippen LogP contribution in [0.15, 0.2) is 85.1 Å². The van der Waals surface area contributed by atoms with Gasteiger partial charge in [-0.2, -0.15) is 11.8 Å². The number of ether oxygens (including phenoxy) is 3. The Morgan fingerprint density at radius 3 is 1.79 bits per heavy atom. The van der Waals surface area contributed by atoms with Crippen LogP contribution in [-0.2, 0) is 62.2 Å². The minimum atomic E-state index is -1.26. The van der Waals surface area contributed by atoms with E-state index < -0.39 is 95.2 Å². The van der Waals surface area contributed by atoms with E-state index in [1.807, 2.05) is 60.8 Å². The predicted octanol–water partition coefficient (Wildman–Crippen LogP) is 5.02. The number of para-hydroxylation sites is 1. The van der Waals surface area contributed by atoms with Crippen molar-refractivity contribution in [3.8, 4) is 5.75 Å². The third-order valence-electron chi connectivity index (χ3n) is 11.3. The number of nitrogens with one attached hydrogen (secondary N) is 7. The van der Waals surface area contributed by atoms with Crippen LogP contribution in [0.25, 0.3) is 10.9 Å². The summed E-state index contributed by atoms with van der Waals surface area (Å²) >= 11 is 1.30. The van der Waals surface area contributed by atoms with E-state index in [1.165, 1.54) is 31.0 Å². The third-order valence-corrected chi connectivity index (χ3v) is 12.0. The standard InChI is InChI=1S/C28H43N5O6.C27H35N3O7S/c1-17(2)23(26(36)38-6)33-25(35)22(13-9-10-14-30-27(37)39-28(3,4)5)32-24(34)20(29)15-18-16-31-21-12-8-7-11-19(18)21;1-27(2,3)37-26(36)30-20(14-17-8-6-5-7-9-17)23(32)29-22(16-38-4)24(33)28-21(25(34)35)15-18-10-12-19(31)13-11-18/h7-8,11-12,16-17,20,22-23,31H,9-10,13-15,29H2,1-6H3,(H,30,37)(H,32,34)(H,33,35);5-13,20-22,31H,14-16H2,1-4H3,(H,28,33)(H,29,32)(H,30,36)(H,34,35)/t20-,22+,23+;20-,21+,22+/m11/s1. The molecule has 22 heteroatoms. The highest BCUT2D eigenvalue weighted by Gasteiger charge is 2.33. The molecule has 0 radical (unpaired) electrons. The van der Waals surface area contributed by atoms with Gasteiger partial charge in [0.05, 0.1) is 13.2 Å². The average Bonchev–Trinajstić information content (AvgIpc) is 3.76. The zero-order valence-corrected chi connectivity index (χ0v) is 46.5. The van der Waals surface area contributed by atoms with Gasteiger partial charge in [0.2, 0.25) is 23.6 Å². The third kappa shape index (κ3) is 23.6. The Balaban J connectivity index is 0.000000405. The summed E-state index contributed by atoms with van der Waals surface area (Å²) in [6, 6.07) is 16.7.